The van der Waals surface area contributed by atoms with E-state index in [1.807, 2.05) is 13.8 Å². The third-order valence-corrected chi connectivity index (χ3v) is 5.67. The molecule has 0 radical (unpaired) electrons. The third-order valence-electron chi connectivity index (χ3n) is 5.67. The molecule has 3 aromatic rings. The van der Waals surface area contributed by atoms with Gasteiger partial charge in [0.2, 0.25) is 0 Å². The molecule has 0 spiro atoms. The fraction of sp³-hybridized carbons (Fsp3) is 0.214. The number of nitrogens with zero attached hydrogens (tertiary/aromatic N) is 1. The molecule has 0 aliphatic carbocycles. The number of phenols is 1. The van der Waals surface area contributed by atoms with Gasteiger partial charge in [0.15, 0.2) is 0 Å². The van der Waals surface area contributed by atoms with Gasteiger partial charge in [-0.3, -0.25) is 14.5 Å². The average molecular weight is 474 g/mol. The molecule has 1 unspecified atom stereocenters. The lowest BCUT2D eigenvalue weighted by atomic mass is 9.95. The second-order valence-electron chi connectivity index (χ2n) is 8.69. The highest BCUT2D eigenvalue weighted by atomic mass is 16.5. The van der Waals surface area contributed by atoms with Crippen LogP contribution >= 0.6 is 0 Å². The standard InChI is InChI=1S/C28H27NO6/c1-17(2)16-35-22-12-10-20(11-13-22)29-25(18-6-4-8-21(30)14-18)24(27(32)28(29)33)26(31)19-7-5-9-23(15-19)34-3/h4-15,17,25,30-31H,16H2,1-3H3/b26-24-. The summed E-state index contributed by atoms with van der Waals surface area (Å²) in [5.74, 6) is -0.451. The minimum absolute atomic E-state index is 0.0214. The molecule has 2 N–H and O–H groups in total. The van der Waals surface area contributed by atoms with E-state index < -0.39 is 17.7 Å². The van der Waals surface area contributed by atoms with Crippen molar-refractivity contribution >= 4 is 23.1 Å². The van der Waals surface area contributed by atoms with Gasteiger partial charge in [0.1, 0.15) is 23.0 Å². The molecule has 1 atom stereocenters. The van der Waals surface area contributed by atoms with Crippen molar-refractivity contribution < 1.29 is 29.3 Å². The number of hydrogen-bond acceptors (Lipinski definition) is 6. The first-order chi connectivity index (χ1) is 16.8. The Morgan fingerprint density at radius 3 is 2.34 bits per heavy atom. The van der Waals surface area contributed by atoms with Crippen molar-refractivity contribution in [1.82, 2.24) is 0 Å². The minimum Gasteiger partial charge on any atom is -0.508 e. The van der Waals surface area contributed by atoms with Gasteiger partial charge >= 0.3 is 0 Å². The summed E-state index contributed by atoms with van der Waals surface area (Å²) >= 11 is 0. The Balaban J connectivity index is 1.83. The van der Waals surface area contributed by atoms with Crippen molar-refractivity contribution in [3.63, 3.8) is 0 Å². The fourth-order valence-corrected chi connectivity index (χ4v) is 4.00. The lowest BCUT2D eigenvalue weighted by molar-refractivity contribution is -0.132. The molecule has 1 saturated heterocycles. The van der Waals surface area contributed by atoms with Gasteiger partial charge in [-0.25, -0.2) is 0 Å². The number of aromatic hydroxyl groups is 1. The van der Waals surface area contributed by atoms with Crippen LogP contribution < -0.4 is 14.4 Å². The molecule has 1 amide bonds. The highest BCUT2D eigenvalue weighted by molar-refractivity contribution is 6.51. The Morgan fingerprint density at radius 1 is 0.971 bits per heavy atom. The molecule has 0 bridgehead atoms. The van der Waals surface area contributed by atoms with E-state index in [9.17, 15) is 19.8 Å². The molecule has 0 aromatic heterocycles. The predicted molar refractivity (Wildman–Crippen MR) is 133 cm³/mol. The van der Waals surface area contributed by atoms with Gasteiger partial charge in [-0.2, -0.15) is 0 Å². The number of aliphatic hydroxyl groups excluding tert-OH is 1. The van der Waals surface area contributed by atoms with Gasteiger partial charge in [-0.1, -0.05) is 38.1 Å². The number of amides is 1. The van der Waals surface area contributed by atoms with Crippen LogP contribution in [0.4, 0.5) is 5.69 Å². The van der Waals surface area contributed by atoms with Gasteiger partial charge in [0.05, 0.1) is 25.3 Å². The van der Waals surface area contributed by atoms with Crippen molar-refractivity contribution in [2.24, 2.45) is 5.92 Å². The molecule has 1 heterocycles. The maximum Gasteiger partial charge on any atom is 0.300 e. The second kappa shape index (κ2) is 9.93. The summed E-state index contributed by atoms with van der Waals surface area (Å²) < 4.78 is 11.0. The summed E-state index contributed by atoms with van der Waals surface area (Å²) in [4.78, 5) is 27.8. The Labute approximate surface area is 203 Å². The molecule has 180 valence electrons. The van der Waals surface area contributed by atoms with Crippen LogP contribution in [0, 0.1) is 5.92 Å². The van der Waals surface area contributed by atoms with Gasteiger partial charge in [-0.05, 0) is 60.0 Å². The number of hydrogen-bond donors (Lipinski definition) is 2. The summed E-state index contributed by atoms with van der Waals surface area (Å²) in [6, 6.07) is 18.8. The Hall–Kier alpha value is -4.26. The number of phenolic OH excluding ortho intramolecular Hbond substituents is 1. The number of carbonyl (C=O) groups is 2. The largest absolute Gasteiger partial charge is 0.508 e. The number of ketones is 1. The Bertz CT molecular complexity index is 1280. The van der Waals surface area contributed by atoms with E-state index >= 15 is 0 Å². The average Bonchev–Trinajstić information content (AvgIpc) is 3.13. The van der Waals surface area contributed by atoms with Crippen LogP contribution in [0.2, 0.25) is 0 Å². The van der Waals surface area contributed by atoms with Gasteiger partial charge in [-0.15, -0.1) is 0 Å². The first-order valence-electron chi connectivity index (χ1n) is 11.3. The van der Waals surface area contributed by atoms with Crippen molar-refractivity contribution in [3.05, 3.63) is 89.5 Å². The van der Waals surface area contributed by atoms with Crippen LogP contribution in [-0.2, 0) is 9.59 Å². The number of anilines is 1. The molecule has 35 heavy (non-hydrogen) atoms. The SMILES string of the molecule is COc1cccc(/C(O)=C2/C(=O)C(=O)N(c3ccc(OCC(C)C)cc3)C2c2cccc(O)c2)c1. The van der Waals surface area contributed by atoms with Crippen LogP contribution in [0.5, 0.6) is 17.2 Å². The molecule has 1 aliphatic heterocycles. The number of rotatable bonds is 7. The van der Waals surface area contributed by atoms with Crippen LogP contribution in [0.15, 0.2) is 78.4 Å². The van der Waals surface area contributed by atoms with E-state index in [2.05, 4.69) is 0 Å². The Morgan fingerprint density at radius 2 is 1.69 bits per heavy atom. The van der Waals surface area contributed by atoms with E-state index in [1.165, 1.54) is 24.1 Å². The fourth-order valence-electron chi connectivity index (χ4n) is 4.00. The smallest absolute Gasteiger partial charge is 0.300 e. The summed E-state index contributed by atoms with van der Waals surface area (Å²) in [6.45, 7) is 4.64. The summed E-state index contributed by atoms with van der Waals surface area (Å²) in [5, 5.41) is 21.3. The lowest BCUT2D eigenvalue weighted by Gasteiger charge is -2.25. The molecule has 3 aromatic carbocycles. The molecule has 0 saturated carbocycles. The van der Waals surface area contributed by atoms with Crippen LogP contribution in [-0.4, -0.2) is 35.6 Å². The number of methoxy groups -OCH3 is 1. The topological polar surface area (TPSA) is 96.3 Å². The number of aliphatic hydroxyl groups is 1. The second-order valence-corrected chi connectivity index (χ2v) is 8.69. The van der Waals surface area contributed by atoms with Gasteiger partial charge < -0.3 is 19.7 Å². The zero-order valence-corrected chi connectivity index (χ0v) is 19.8. The van der Waals surface area contributed by atoms with Gasteiger partial charge in [0.25, 0.3) is 11.7 Å². The van der Waals surface area contributed by atoms with E-state index in [0.29, 0.717) is 40.8 Å². The van der Waals surface area contributed by atoms with Crippen LogP contribution in [0.25, 0.3) is 5.76 Å². The van der Waals surface area contributed by atoms with Crippen molar-refractivity contribution in [1.29, 1.82) is 0 Å². The highest BCUT2D eigenvalue weighted by Gasteiger charge is 2.47. The zero-order chi connectivity index (χ0) is 25.1. The molecule has 1 fully saturated rings. The van der Waals surface area contributed by atoms with E-state index in [-0.39, 0.29) is 17.1 Å². The quantitative estimate of drug-likeness (QED) is 0.283. The predicted octanol–water partition coefficient (Wildman–Crippen LogP) is 5.06. The molecule has 1 aliphatic rings. The molecular formula is C28H27NO6. The van der Waals surface area contributed by atoms with E-state index in [1.54, 1.807) is 60.7 Å². The molecule has 4 rings (SSSR count). The van der Waals surface area contributed by atoms with Crippen molar-refractivity contribution in [2.45, 2.75) is 19.9 Å². The van der Waals surface area contributed by atoms with Crippen LogP contribution in [0.1, 0.15) is 31.0 Å². The van der Waals surface area contributed by atoms with E-state index in [0.717, 1.165) is 0 Å². The summed E-state index contributed by atoms with van der Waals surface area (Å²) in [5.41, 5.74) is 1.20. The zero-order valence-electron chi connectivity index (χ0n) is 19.8. The monoisotopic (exact) mass is 473 g/mol. The highest BCUT2D eigenvalue weighted by Crippen LogP contribution is 2.43. The lowest BCUT2D eigenvalue weighted by Crippen LogP contribution is -2.29. The van der Waals surface area contributed by atoms with Gasteiger partial charge in [0, 0.05) is 11.3 Å². The maximum absolute atomic E-state index is 13.3. The summed E-state index contributed by atoms with van der Waals surface area (Å²) in [7, 11) is 1.50. The molecule has 7 heteroatoms. The van der Waals surface area contributed by atoms with E-state index in [4.69, 9.17) is 9.47 Å². The number of Topliss-reactive ketones (excluding diaryl/α,β-unsaturated/α-hetero) is 1. The number of carbonyl (C=O) groups excluding carboxylic acids is 2. The summed E-state index contributed by atoms with van der Waals surface area (Å²) in [6.07, 6.45) is 0. The third kappa shape index (κ3) is 4.84. The molecule has 7 nitrogen and oxygen atoms in total. The first kappa shape index (κ1) is 23.9. The number of ether oxygens (including phenoxy) is 2. The first-order valence-corrected chi connectivity index (χ1v) is 11.3. The maximum atomic E-state index is 13.3. The van der Waals surface area contributed by atoms with Crippen molar-refractivity contribution in [3.8, 4) is 17.2 Å². The molecular weight excluding hydrogens is 446 g/mol. The number of benzene rings is 3. The Kier molecular flexibility index (Phi) is 6.78. The van der Waals surface area contributed by atoms with Crippen LogP contribution in [0.3, 0.4) is 0 Å². The minimum atomic E-state index is -0.948. The normalized spacial score (nSPS) is 17.1. The van der Waals surface area contributed by atoms with Crippen molar-refractivity contribution in [2.75, 3.05) is 18.6 Å².